The number of nitrogens with one attached hydrogen (secondary N) is 1. The van der Waals surface area contributed by atoms with Gasteiger partial charge in [0.1, 0.15) is 6.04 Å². The van der Waals surface area contributed by atoms with Crippen molar-refractivity contribution in [1.82, 2.24) is 25.2 Å². The molecule has 0 unspecified atom stereocenters. The monoisotopic (exact) mass is 442 g/mol. The molecule has 1 N–H and O–H groups in total. The number of hydrogen-bond acceptors (Lipinski definition) is 5. The van der Waals surface area contributed by atoms with Crippen LogP contribution in [-0.2, 0) is 18.4 Å². The van der Waals surface area contributed by atoms with Gasteiger partial charge in [0, 0.05) is 23.3 Å². The summed E-state index contributed by atoms with van der Waals surface area (Å²) in [6, 6.07) is 16.3. The first-order chi connectivity index (χ1) is 15.9. The van der Waals surface area contributed by atoms with E-state index in [0.717, 1.165) is 42.4 Å². The van der Waals surface area contributed by atoms with Gasteiger partial charge in [0.2, 0.25) is 0 Å². The van der Waals surface area contributed by atoms with Gasteiger partial charge < -0.3 is 9.88 Å². The summed E-state index contributed by atoms with van der Waals surface area (Å²) in [4.78, 5) is 18.9. The SMILES string of the molecule is CCc1ccc2[nH]c(=O)c([C@H](c3nnnn3C(C)(C)C)N3CCCc4ccccc43)cc2c1. The van der Waals surface area contributed by atoms with E-state index in [2.05, 4.69) is 89.5 Å². The minimum absolute atomic E-state index is 0.108. The van der Waals surface area contributed by atoms with Crippen LogP contribution in [0.1, 0.15) is 62.7 Å². The van der Waals surface area contributed by atoms with Crippen molar-refractivity contribution in [1.29, 1.82) is 0 Å². The molecule has 0 aliphatic carbocycles. The van der Waals surface area contributed by atoms with Crippen molar-refractivity contribution in [3.05, 3.63) is 81.4 Å². The Morgan fingerprint density at radius 3 is 2.73 bits per heavy atom. The van der Waals surface area contributed by atoms with Gasteiger partial charge in [-0.25, -0.2) is 4.68 Å². The lowest BCUT2D eigenvalue weighted by molar-refractivity contribution is 0.329. The van der Waals surface area contributed by atoms with E-state index in [1.165, 1.54) is 11.1 Å². The summed E-state index contributed by atoms with van der Waals surface area (Å²) >= 11 is 0. The Morgan fingerprint density at radius 2 is 1.94 bits per heavy atom. The van der Waals surface area contributed by atoms with Crippen LogP contribution in [0.5, 0.6) is 0 Å². The minimum Gasteiger partial charge on any atom is -0.357 e. The quantitative estimate of drug-likeness (QED) is 0.508. The van der Waals surface area contributed by atoms with Gasteiger partial charge >= 0.3 is 0 Å². The van der Waals surface area contributed by atoms with Gasteiger partial charge in [-0.3, -0.25) is 4.79 Å². The molecule has 0 amide bonds. The molecule has 0 saturated heterocycles. The lowest BCUT2D eigenvalue weighted by Crippen LogP contribution is -2.40. The number of H-pyrrole nitrogens is 1. The fourth-order valence-corrected chi connectivity index (χ4v) is 4.82. The number of fused-ring (bicyclic) bond motifs is 2. The maximum atomic E-state index is 13.5. The van der Waals surface area contributed by atoms with Crippen molar-refractivity contribution in [3.63, 3.8) is 0 Å². The fraction of sp³-hybridized carbons (Fsp3) is 0.385. The number of para-hydroxylation sites is 1. The number of tetrazole rings is 1. The predicted octanol–water partition coefficient (Wildman–Crippen LogP) is 4.37. The molecule has 1 aliphatic heterocycles. The highest BCUT2D eigenvalue weighted by molar-refractivity contribution is 5.80. The van der Waals surface area contributed by atoms with Gasteiger partial charge in [0.25, 0.3) is 5.56 Å². The molecule has 2 aromatic heterocycles. The van der Waals surface area contributed by atoms with Crippen molar-refractivity contribution >= 4 is 16.6 Å². The highest BCUT2D eigenvalue weighted by Crippen LogP contribution is 2.37. The maximum Gasteiger partial charge on any atom is 0.254 e. The third-order valence-corrected chi connectivity index (χ3v) is 6.47. The second-order valence-electron chi connectivity index (χ2n) is 9.78. The Balaban J connectivity index is 1.77. The molecule has 3 heterocycles. The predicted molar refractivity (Wildman–Crippen MR) is 131 cm³/mol. The second-order valence-corrected chi connectivity index (χ2v) is 9.78. The number of benzene rings is 2. The van der Waals surface area contributed by atoms with E-state index in [-0.39, 0.29) is 11.1 Å². The molecule has 0 fully saturated rings. The third kappa shape index (κ3) is 3.81. The van der Waals surface area contributed by atoms with Crippen molar-refractivity contribution in [2.75, 3.05) is 11.4 Å². The molecule has 7 nitrogen and oxygen atoms in total. The molecule has 170 valence electrons. The van der Waals surface area contributed by atoms with Crippen molar-refractivity contribution in [2.24, 2.45) is 0 Å². The summed E-state index contributed by atoms with van der Waals surface area (Å²) in [5.74, 6) is 0.677. The molecule has 0 bridgehead atoms. The summed E-state index contributed by atoms with van der Waals surface area (Å²) in [7, 11) is 0. The van der Waals surface area contributed by atoms with Gasteiger partial charge in [0.05, 0.1) is 5.54 Å². The Morgan fingerprint density at radius 1 is 1.12 bits per heavy atom. The summed E-state index contributed by atoms with van der Waals surface area (Å²) in [6.45, 7) is 9.19. The zero-order valence-electron chi connectivity index (χ0n) is 19.7. The van der Waals surface area contributed by atoms with Gasteiger partial charge in [-0.2, -0.15) is 0 Å². The molecule has 1 aliphatic rings. The lowest BCUT2D eigenvalue weighted by atomic mass is 9.95. The van der Waals surface area contributed by atoms with Gasteiger partial charge in [-0.05, 0) is 91.2 Å². The molecule has 33 heavy (non-hydrogen) atoms. The van der Waals surface area contributed by atoms with E-state index in [0.29, 0.717) is 11.4 Å². The van der Waals surface area contributed by atoms with Crippen LogP contribution in [0.15, 0.2) is 53.3 Å². The van der Waals surface area contributed by atoms with E-state index >= 15 is 0 Å². The molecule has 2 aromatic carbocycles. The standard InChI is InChI=1S/C26H30N6O/c1-5-17-12-13-21-19(15-17)16-20(25(33)27-21)23(24-28-29-30-32(24)26(2,3)4)31-14-8-10-18-9-6-7-11-22(18)31/h6-7,9,11-13,15-16,23H,5,8,10,14H2,1-4H3,(H,27,33)/t23-/m1/s1. The molecule has 1 atom stereocenters. The molecule has 5 rings (SSSR count). The third-order valence-electron chi connectivity index (χ3n) is 6.47. The number of aryl methyl sites for hydroxylation is 2. The average Bonchev–Trinajstić information content (AvgIpc) is 3.30. The summed E-state index contributed by atoms with van der Waals surface area (Å²) in [6.07, 6.45) is 2.98. The fourth-order valence-electron chi connectivity index (χ4n) is 4.82. The van der Waals surface area contributed by atoms with Crippen LogP contribution in [0, 0.1) is 0 Å². The van der Waals surface area contributed by atoms with E-state index in [1.807, 2.05) is 16.8 Å². The first-order valence-electron chi connectivity index (χ1n) is 11.7. The first-order valence-corrected chi connectivity index (χ1v) is 11.7. The van der Waals surface area contributed by atoms with Gasteiger partial charge in [-0.1, -0.05) is 31.2 Å². The van der Waals surface area contributed by atoms with Crippen LogP contribution in [0.2, 0.25) is 0 Å². The minimum atomic E-state index is -0.404. The number of rotatable bonds is 4. The van der Waals surface area contributed by atoms with Crippen molar-refractivity contribution < 1.29 is 0 Å². The topological polar surface area (TPSA) is 79.7 Å². The molecular formula is C26H30N6O. The number of anilines is 1. The Labute approximate surface area is 193 Å². The van der Waals surface area contributed by atoms with Crippen LogP contribution in [0.3, 0.4) is 0 Å². The smallest absolute Gasteiger partial charge is 0.254 e. The first kappa shape index (κ1) is 21.4. The zero-order valence-corrected chi connectivity index (χ0v) is 19.7. The Hall–Kier alpha value is -3.48. The zero-order chi connectivity index (χ0) is 23.2. The van der Waals surface area contributed by atoms with E-state index < -0.39 is 6.04 Å². The summed E-state index contributed by atoms with van der Waals surface area (Å²) in [5.41, 5.74) is 4.73. The second kappa shape index (κ2) is 8.14. The van der Waals surface area contributed by atoms with E-state index in [9.17, 15) is 4.79 Å². The Kier molecular flexibility index (Phi) is 5.27. The highest BCUT2D eigenvalue weighted by atomic mass is 16.1. The van der Waals surface area contributed by atoms with Crippen LogP contribution in [0.4, 0.5) is 5.69 Å². The van der Waals surface area contributed by atoms with Crippen LogP contribution in [-0.4, -0.2) is 31.7 Å². The molecule has 0 spiro atoms. The highest BCUT2D eigenvalue weighted by Gasteiger charge is 2.35. The normalized spacial score (nSPS) is 15.0. The van der Waals surface area contributed by atoms with E-state index in [4.69, 9.17) is 0 Å². The molecule has 4 aromatic rings. The van der Waals surface area contributed by atoms with Gasteiger partial charge in [0.15, 0.2) is 5.82 Å². The molecule has 0 radical (unpaired) electrons. The van der Waals surface area contributed by atoms with Crippen LogP contribution in [0.25, 0.3) is 10.9 Å². The van der Waals surface area contributed by atoms with Crippen LogP contribution < -0.4 is 10.5 Å². The summed E-state index contributed by atoms with van der Waals surface area (Å²) in [5, 5.41) is 13.8. The maximum absolute atomic E-state index is 13.5. The largest absolute Gasteiger partial charge is 0.357 e. The van der Waals surface area contributed by atoms with Gasteiger partial charge in [-0.15, -0.1) is 5.10 Å². The number of aromatic amines is 1. The number of pyridine rings is 1. The van der Waals surface area contributed by atoms with Crippen molar-refractivity contribution in [3.8, 4) is 0 Å². The lowest BCUT2D eigenvalue weighted by Gasteiger charge is -2.38. The number of hydrogen-bond donors (Lipinski definition) is 1. The molecule has 7 heteroatoms. The molecule has 0 saturated carbocycles. The summed E-state index contributed by atoms with van der Waals surface area (Å²) < 4.78 is 1.85. The van der Waals surface area contributed by atoms with Crippen molar-refractivity contribution in [2.45, 2.75) is 58.5 Å². The van der Waals surface area contributed by atoms with E-state index in [1.54, 1.807) is 0 Å². The average molecular weight is 443 g/mol. The van der Waals surface area contributed by atoms with Crippen LogP contribution >= 0.6 is 0 Å². The number of aromatic nitrogens is 5. The molecular weight excluding hydrogens is 412 g/mol. The Bertz CT molecular complexity index is 1360. The number of nitrogens with zero attached hydrogens (tertiary/aromatic N) is 5.